The number of aromatic nitrogens is 1. The number of aromatic amines is 1. The summed E-state index contributed by atoms with van der Waals surface area (Å²) >= 11 is 0. The molecule has 16 heavy (non-hydrogen) atoms. The molecule has 2 rings (SSSR count). The number of hydrogen-bond donors (Lipinski definition) is 1. The van der Waals surface area contributed by atoms with Crippen LogP contribution in [0.5, 0.6) is 5.75 Å². The summed E-state index contributed by atoms with van der Waals surface area (Å²) in [6, 6.07) is 5.31. The SMILES string of the molecule is CCOC(=O)c1ccc(OC)c2[nH]ccc12. The molecule has 0 aliphatic rings. The van der Waals surface area contributed by atoms with Crippen LogP contribution in [0.15, 0.2) is 24.4 Å². The first-order valence-electron chi connectivity index (χ1n) is 5.09. The summed E-state index contributed by atoms with van der Waals surface area (Å²) in [5.74, 6) is 0.405. The Morgan fingerprint density at radius 3 is 2.88 bits per heavy atom. The van der Waals surface area contributed by atoms with Gasteiger partial charge >= 0.3 is 5.97 Å². The zero-order valence-electron chi connectivity index (χ0n) is 9.24. The van der Waals surface area contributed by atoms with Crippen molar-refractivity contribution in [3.63, 3.8) is 0 Å². The van der Waals surface area contributed by atoms with E-state index >= 15 is 0 Å². The number of carbonyl (C=O) groups is 1. The molecule has 0 aliphatic heterocycles. The van der Waals surface area contributed by atoms with Gasteiger partial charge in [-0.2, -0.15) is 0 Å². The Kier molecular flexibility index (Phi) is 2.81. The molecule has 0 radical (unpaired) electrons. The van der Waals surface area contributed by atoms with Crippen molar-refractivity contribution < 1.29 is 14.3 Å². The van der Waals surface area contributed by atoms with Crippen molar-refractivity contribution in [2.45, 2.75) is 6.92 Å². The maximum Gasteiger partial charge on any atom is 0.338 e. The molecular weight excluding hydrogens is 206 g/mol. The summed E-state index contributed by atoms with van der Waals surface area (Å²) in [7, 11) is 1.60. The predicted molar refractivity (Wildman–Crippen MR) is 60.8 cm³/mol. The fourth-order valence-corrected chi connectivity index (χ4v) is 1.69. The Labute approximate surface area is 93.2 Å². The third-order valence-electron chi connectivity index (χ3n) is 2.40. The second kappa shape index (κ2) is 4.26. The van der Waals surface area contributed by atoms with Gasteiger partial charge in [-0.05, 0) is 25.1 Å². The molecule has 1 N–H and O–H groups in total. The van der Waals surface area contributed by atoms with Crippen molar-refractivity contribution in [3.05, 3.63) is 30.0 Å². The van der Waals surface area contributed by atoms with E-state index in [4.69, 9.17) is 9.47 Å². The topological polar surface area (TPSA) is 51.3 Å². The van der Waals surface area contributed by atoms with Crippen LogP contribution in [0.4, 0.5) is 0 Å². The number of ether oxygens (including phenoxy) is 2. The number of fused-ring (bicyclic) bond motifs is 1. The number of nitrogens with one attached hydrogen (secondary N) is 1. The molecular formula is C12H13NO3. The second-order valence-electron chi connectivity index (χ2n) is 3.30. The van der Waals surface area contributed by atoms with E-state index in [1.165, 1.54) is 0 Å². The number of methoxy groups -OCH3 is 1. The molecule has 0 spiro atoms. The van der Waals surface area contributed by atoms with Crippen LogP contribution in [0, 0.1) is 0 Å². The largest absolute Gasteiger partial charge is 0.495 e. The smallest absolute Gasteiger partial charge is 0.338 e. The summed E-state index contributed by atoms with van der Waals surface area (Å²) in [5.41, 5.74) is 1.37. The van der Waals surface area contributed by atoms with Crippen LogP contribution in [0.3, 0.4) is 0 Å². The monoisotopic (exact) mass is 219 g/mol. The molecule has 84 valence electrons. The number of H-pyrrole nitrogens is 1. The third-order valence-corrected chi connectivity index (χ3v) is 2.40. The van der Waals surface area contributed by atoms with Crippen molar-refractivity contribution in [3.8, 4) is 5.75 Å². The van der Waals surface area contributed by atoms with E-state index in [0.29, 0.717) is 17.9 Å². The van der Waals surface area contributed by atoms with Crippen LogP contribution in [-0.2, 0) is 4.74 Å². The van der Waals surface area contributed by atoms with E-state index in [1.807, 2.05) is 6.07 Å². The van der Waals surface area contributed by atoms with Gasteiger partial charge < -0.3 is 14.5 Å². The highest BCUT2D eigenvalue weighted by molar-refractivity contribution is 6.05. The van der Waals surface area contributed by atoms with Crippen LogP contribution in [-0.4, -0.2) is 24.7 Å². The molecule has 1 heterocycles. The molecule has 1 aromatic carbocycles. The molecule has 4 nitrogen and oxygen atoms in total. The Morgan fingerprint density at radius 1 is 1.38 bits per heavy atom. The molecule has 0 fully saturated rings. The van der Waals surface area contributed by atoms with Crippen LogP contribution < -0.4 is 4.74 Å². The summed E-state index contributed by atoms with van der Waals surface area (Å²) in [5, 5.41) is 0.817. The Hall–Kier alpha value is -1.97. The van der Waals surface area contributed by atoms with E-state index < -0.39 is 0 Å². The number of carbonyl (C=O) groups excluding carboxylic acids is 1. The average Bonchev–Trinajstić information content (AvgIpc) is 2.76. The van der Waals surface area contributed by atoms with E-state index in [1.54, 1.807) is 32.4 Å². The van der Waals surface area contributed by atoms with E-state index in [-0.39, 0.29) is 5.97 Å². The van der Waals surface area contributed by atoms with Gasteiger partial charge in [0, 0.05) is 11.6 Å². The first-order chi connectivity index (χ1) is 7.77. The van der Waals surface area contributed by atoms with Gasteiger partial charge in [-0.25, -0.2) is 4.79 Å². The molecule has 0 unspecified atom stereocenters. The first-order valence-corrected chi connectivity index (χ1v) is 5.09. The highest BCUT2D eigenvalue weighted by Crippen LogP contribution is 2.27. The minimum Gasteiger partial charge on any atom is -0.495 e. The molecule has 0 saturated carbocycles. The summed E-state index contributed by atoms with van der Waals surface area (Å²) < 4.78 is 10.2. The molecule has 1 aromatic heterocycles. The van der Waals surface area contributed by atoms with Gasteiger partial charge in [0.25, 0.3) is 0 Å². The zero-order chi connectivity index (χ0) is 11.5. The summed E-state index contributed by atoms with van der Waals surface area (Å²) in [6.45, 7) is 2.16. The predicted octanol–water partition coefficient (Wildman–Crippen LogP) is 2.35. The highest BCUT2D eigenvalue weighted by Gasteiger charge is 2.14. The van der Waals surface area contributed by atoms with Crippen LogP contribution in [0.2, 0.25) is 0 Å². The van der Waals surface area contributed by atoms with Gasteiger partial charge in [0.2, 0.25) is 0 Å². The Bertz CT molecular complexity index is 516. The fraction of sp³-hybridized carbons (Fsp3) is 0.250. The van der Waals surface area contributed by atoms with Gasteiger partial charge in [0.05, 0.1) is 24.8 Å². The maximum absolute atomic E-state index is 11.7. The van der Waals surface area contributed by atoms with Gasteiger partial charge in [-0.15, -0.1) is 0 Å². The lowest BCUT2D eigenvalue weighted by Crippen LogP contribution is -2.05. The molecule has 2 aromatic rings. The standard InChI is InChI=1S/C12H13NO3/c1-3-16-12(14)9-4-5-10(15-2)11-8(9)6-7-13-11/h4-7,13H,3H2,1-2H3. The van der Waals surface area contributed by atoms with E-state index in [0.717, 1.165) is 10.9 Å². The molecule has 0 aliphatic carbocycles. The highest BCUT2D eigenvalue weighted by atomic mass is 16.5. The Morgan fingerprint density at radius 2 is 2.19 bits per heavy atom. The van der Waals surface area contributed by atoms with Crippen molar-refractivity contribution in [2.75, 3.05) is 13.7 Å². The summed E-state index contributed by atoms with van der Waals surface area (Å²) in [6.07, 6.45) is 1.77. The fourth-order valence-electron chi connectivity index (χ4n) is 1.69. The average molecular weight is 219 g/mol. The molecule has 0 bridgehead atoms. The number of hydrogen-bond acceptors (Lipinski definition) is 3. The minimum atomic E-state index is -0.310. The van der Waals surface area contributed by atoms with Gasteiger partial charge in [-0.1, -0.05) is 0 Å². The lowest BCUT2D eigenvalue weighted by molar-refractivity contribution is 0.0528. The molecule has 4 heteroatoms. The van der Waals surface area contributed by atoms with Crippen LogP contribution >= 0.6 is 0 Å². The third kappa shape index (κ3) is 1.62. The molecule has 0 amide bonds. The van der Waals surface area contributed by atoms with E-state index in [2.05, 4.69) is 4.98 Å². The van der Waals surface area contributed by atoms with Crippen molar-refractivity contribution >= 4 is 16.9 Å². The molecule has 0 atom stereocenters. The van der Waals surface area contributed by atoms with Gasteiger partial charge in [0.1, 0.15) is 5.75 Å². The number of rotatable bonds is 3. The van der Waals surface area contributed by atoms with Crippen molar-refractivity contribution in [1.82, 2.24) is 4.98 Å². The van der Waals surface area contributed by atoms with Gasteiger partial charge in [0.15, 0.2) is 0 Å². The lowest BCUT2D eigenvalue weighted by atomic mass is 10.1. The number of benzene rings is 1. The summed E-state index contributed by atoms with van der Waals surface area (Å²) in [4.78, 5) is 14.7. The lowest BCUT2D eigenvalue weighted by Gasteiger charge is -2.06. The normalized spacial score (nSPS) is 10.4. The van der Waals surface area contributed by atoms with Crippen molar-refractivity contribution in [1.29, 1.82) is 0 Å². The maximum atomic E-state index is 11.7. The van der Waals surface area contributed by atoms with Gasteiger partial charge in [-0.3, -0.25) is 0 Å². The molecule has 0 saturated heterocycles. The van der Waals surface area contributed by atoms with Crippen LogP contribution in [0.25, 0.3) is 10.9 Å². The quantitative estimate of drug-likeness (QED) is 0.806. The van der Waals surface area contributed by atoms with E-state index in [9.17, 15) is 4.79 Å². The van der Waals surface area contributed by atoms with Crippen molar-refractivity contribution in [2.24, 2.45) is 0 Å². The van der Waals surface area contributed by atoms with Crippen LogP contribution in [0.1, 0.15) is 17.3 Å². The second-order valence-corrected chi connectivity index (χ2v) is 3.30. The first kappa shape index (κ1) is 10.5. The number of esters is 1. The zero-order valence-corrected chi connectivity index (χ0v) is 9.24. The Balaban J connectivity index is 2.55. The minimum absolute atomic E-state index is 0.310.